The number of aromatic amines is 1. The van der Waals surface area contributed by atoms with Crippen LogP contribution in [0.5, 0.6) is 0 Å². The van der Waals surface area contributed by atoms with E-state index < -0.39 is 0 Å². The molecule has 0 bridgehead atoms. The van der Waals surface area contributed by atoms with Gasteiger partial charge < -0.3 is 4.57 Å². The number of H-pyrrole nitrogens is 1. The number of rotatable bonds is 4. The van der Waals surface area contributed by atoms with Gasteiger partial charge in [0.05, 0.1) is 6.17 Å². The molecular formula is C13H21N5S. The molecule has 2 heterocycles. The minimum atomic E-state index is 0.307. The van der Waals surface area contributed by atoms with E-state index in [9.17, 15) is 0 Å². The molecule has 0 aromatic carbocycles. The number of fused-ring (bicyclic) bond motifs is 1. The Morgan fingerprint density at radius 1 is 1.32 bits per heavy atom. The highest BCUT2D eigenvalue weighted by Gasteiger charge is 2.34. The Labute approximate surface area is 118 Å². The van der Waals surface area contributed by atoms with Gasteiger partial charge in [0.2, 0.25) is 0 Å². The lowest BCUT2D eigenvalue weighted by Gasteiger charge is -2.23. The zero-order chi connectivity index (χ0) is 13.2. The van der Waals surface area contributed by atoms with Crippen molar-refractivity contribution in [3.05, 3.63) is 23.3 Å². The van der Waals surface area contributed by atoms with Crippen LogP contribution in [0.15, 0.2) is 12.7 Å². The molecule has 19 heavy (non-hydrogen) atoms. The largest absolute Gasteiger partial charge is 0.300 e. The molecule has 3 N–H and O–H groups in total. The monoisotopic (exact) mass is 279 g/mol. The van der Waals surface area contributed by atoms with Gasteiger partial charge in [0.15, 0.2) is 4.77 Å². The summed E-state index contributed by atoms with van der Waals surface area (Å²) in [6.07, 6.45) is 8.27. The zero-order valence-corrected chi connectivity index (χ0v) is 11.9. The fraction of sp³-hybridized carbons (Fsp3) is 0.692. The fourth-order valence-electron chi connectivity index (χ4n) is 3.22. The van der Waals surface area contributed by atoms with Crippen LogP contribution < -0.4 is 10.6 Å². The van der Waals surface area contributed by atoms with Crippen molar-refractivity contribution in [3.63, 3.8) is 0 Å². The predicted octanol–water partition coefficient (Wildman–Crippen LogP) is 1.50. The Balaban J connectivity index is 1.69. The Morgan fingerprint density at radius 3 is 2.63 bits per heavy atom. The van der Waals surface area contributed by atoms with Crippen molar-refractivity contribution in [1.82, 2.24) is 25.4 Å². The van der Waals surface area contributed by atoms with E-state index >= 15 is 0 Å². The van der Waals surface area contributed by atoms with Crippen molar-refractivity contribution in [2.75, 3.05) is 0 Å². The lowest BCUT2D eigenvalue weighted by Crippen LogP contribution is -2.36. The molecule has 2 fully saturated rings. The van der Waals surface area contributed by atoms with Crippen LogP contribution in [0.4, 0.5) is 0 Å². The lowest BCUT2D eigenvalue weighted by molar-refractivity contribution is 0.374. The average molecular weight is 279 g/mol. The van der Waals surface area contributed by atoms with Crippen LogP contribution in [0.25, 0.3) is 0 Å². The molecular weight excluding hydrogens is 258 g/mol. The van der Waals surface area contributed by atoms with Gasteiger partial charge in [-0.25, -0.2) is 0 Å². The second-order valence-corrected chi connectivity index (χ2v) is 5.82. The molecule has 3 rings (SSSR count). The number of hydrogen-bond acceptors (Lipinski definition) is 4. The molecule has 1 aliphatic carbocycles. The van der Waals surface area contributed by atoms with Crippen LogP contribution >= 0.6 is 12.2 Å². The van der Waals surface area contributed by atoms with Crippen LogP contribution in [0.3, 0.4) is 0 Å². The van der Waals surface area contributed by atoms with Gasteiger partial charge in [-0.2, -0.15) is 5.10 Å². The van der Waals surface area contributed by atoms with Gasteiger partial charge in [0.25, 0.3) is 0 Å². The second kappa shape index (κ2) is 5.56. The van der Waals surface area contributed by atoms with E-state index in [-0.39, 0.29) is 0 Å². The van der Waals surface area contributed by atoms with E-state index in [2.05, 4.69) is 27.4 Å². The fourth-order valence-corrected chi connectivity index (χ4v) is 3.44. The summed E-state index contributed by atoms with van der Waals surface area (Å²) in [6.45, 7) is 4.48. The van der Waals surface area contributed by atoms with Crippen LogP contribution in [0.1, 0.15) is 31.5 Å². The van der Waals surface area contributed by atoms with E-state index in [4.69, 9.17) is 12.2 Å². The second-order valence-electron chi connectivity index (χ2n) is 5.43. The van der Waals surface area contributed by atoms with Crippen molar-refractivity contribution in [2.45, 2.75) is 56.9 Å². The minimum Gasteiger partial charge on any atom is -0.300 e. The molecule has 2 aliphatic rings. The Bertz CT molecular complexity index is 491. The highest BCUT2D eigenvalue weighted by molar-refractivity contribution is 7.71. The number of allylic oxidation sites excluding steroid dienone is 1. The molecule has 1 aliphatic heterocycles. The third-order valence-corrected chi connectivity index (χ3v) is 4.44. The van der Waals surface area contributed by atoms with Crippen molar-refractivity contribution in [2.24, 2.45) is 0 Å². The van der Waals surface area contributed by atoms with Gasteiger partial charge in [-0.05, 0) is 25.1 Å². The maximum Gasteiger partial charge on any atom is 0.195 e. The third-order valence-electron chi connectivity index (χ3n) is 4.13. The number of hydrogen-bond donors (Lipinski definition) is 3. The summed E-state index contributed by atoms with van der Waals surface area (Å²) in [6, 6.07) is 1.27. The van der Waals surface area contributed by atoms with Crippen LogP contribution in [-0.4, -0.2) is 33.0 Å². The van der Waals surface area contributed by atoms with Crippen molar-refractivity contribution in [1.29, 1.82) is 0 Å². The van der Waals surface area contributed by atoms with Crippen LogP contribution in [0.2, 0.25) is 0 Å². The summed E-state index contributed by atoms with van der Waals surface area (Å²) in [7, 11) is 0. The predicted molar refractivity (Wildman–Crippen MR) is 77.4 cm³/mol. The summed E-state index contributed by atoms with van der Waals surface area (Å²) < 4.78 is 2.68. The topological polar surface area (TPSA) is 57.7 Å². The standard InChI is InChI=1S/C13H21N5S/c1-2-7-18-12(16-17-13(18)19)8-11-14-9-5-3-4-6-10(9)15-11/h2,9-11,14-15H,1,3-8H2,(H,17,19). The number of nitrogens with zero attached hydrogens (tertiary/aromatic N) is 2. The van der Waals surface area contributed by atoms with E-state index in [1.165, 1.54) is 25.7 Å². The molecule has 1 aromatic heterocycles. The van der Waals surface area contributed by atoms with Crippen molar-refractivity contribution in [3.8, 4) is 0 Å². The van der Waals surface area contributed by atoms with Crippen molar-refractivity contribution < 1.29 is 0 Å². The maximum absolute atomic E-state index is 5.24. The highest BCUT2D eigenvalue weighted by Crippen LogP contribution is 2.23. The maximum atomic E-state index is 5.24. The Kier molecular flexibility index (Phi) is 3.81. The normalized spacial score (nSPS) is 30.2. The summed E-state index contributed by atoms with van der Waals surface area (Å²) in [5.74, 6) is 0.994. The summed E-state index contributed by atoms with van der Waals surface area (Å²) >= 11 is 5.24. The molecule has 1 saturated heterocycles. The SMILES string of the molecule is C=CCn1c(CC2NC3CCCCC3N2)n[nH]c1=S. The molecule has 0 radical (unpaired) electrons. The number of nitrogens with one attached hydrogen (secondary N) is 3. The molecule has 6 heteroatoms. The van der Waals surface area contributed by atoms with E-state index in [0.717, 1.165) is 12.2 Å². The molecule has 2 unspecified atom stereocenters. The van der Waals surface area contributed by atoms with Gasteiger partial charge in [0.1, 0.15) is 5.82 Å². The van der Waals surface area contributed by atoms with Gasteiger partial charge in [-0.1, -0.05) is 18.9 Å². The quantitative estimate of drug-likeness (QED) is 0.577. The minimum absolute atomic E-state index is 0.307. The van der Waals surface area contributed by atoms with Gasteiger partial charge in [-0.15, -0.1) is 6.58 Å². The molecule has 0 amide bonds. The van der Waals surface area contributed by atoms with Gasteiger partial charge in [0, 0.05) is 25.0 Å². The zero-order valence-electron chi connectivity index (χ0n) is 11.1. The molecule has 2 atom stereocenters. The van der Waals surface area contributed by atoms with Crippen LogP contribution in [0, 0.1) is 4.77 Å². The first kappa shape index (κ1) is 13.0. The first-order valence-corrected chi connectivity index (χ1v) is 7.46. The van der Waals surface area contributed by atoms with Crippen LogP contribution in [-0.2, 0) is 13.0 Å². The first-order chi connectivity index (χ1) is 9.28. The Morgan fingerprint density at radius 2 is 2.00 bits per heavy atom. The molecule has 0 spiro atoms. The van der Waals surface area contributed by atoms with Gasteiger partial charge >= 0.3 is 0 Å². The Hall–Kier alpha value is -0.980. The first-order valence-electron chi connectivity index (χ1n) is 7.05. The van der Waals surface area contributed by atoms with Gasteiger partial charge in [-0.3, -0.25) is 15.7 Å². The van der Waals surface area contributed by atoms with E-state index in [1.807, 2.05) is 10.6 Å². The molecule has 1 saturated carbocycles. The number of aromatic nitrogens is 3. The third kappa shape index (κ3) is 2.66. The average Bonchev–Trinajstić information content (AvgIpc) is 2.96. The lowest BCUT2D eigenvalue weighted by atomic mass is 9.92. The smallest absolute Gasteiger partial charge is 0.195 e. The van der Waals surface area contributed by atoms with E-state index in [1.54, 1.807) is 0 Å². The summed E-state index contributed by atoms with van der Waals surface area (Å²) in [5.41, 5.74) is 0. The highest BCUT2D eigenvalue weighted by atomic mass is 32.1. The summed E-state index contributed by atoms with van der Waals surface area (Å²) in [4.78, 5) is 0. The summed E-state index contributed by atoms with van der Waals surface area (Å²) in [5, 5.41) is 14.6. The molecule has 5 nitrogen and oxygen atoms in total. The molecule has 1 aromatic rings. The van der Waals surface area contributed by atoms with E-state index in [0.29, 0.717) is 29.6 Å². The van der Waals surface area contributed by atoms with Crippen molar-refractivity contribution >= 4 is 12.2 Å². The molecule has 104 valence electrons.